The lowest BCUT2D eigenvalue weighted by molar-refractivity contribution is 0.0424. The maximum Gasteiger partial charge on any atom is 0.191 e. The number of methoxy groups -OCH3 is 1. The molecule has 1 atom stereocenters. The predicted octanol–water partition coefficient (Wildman–Crippen LogP) is 1.00. The Labute approximate surface area is 139 Å². The van der Waals surface area contributed by atoms with Crippen molar-refractivity contribution in [3.05, 3.63) is 0 Å². The summed E-state index contributed by atoms with van der Waals surface area (Å²) in [6.45, 7) is 7.42. The molecule has 2 N–H and O–H groups in total. The highest BCUT2D eigenvalue weighted by Crippen LogP contribution is 2.07. The van der Waals surface area contributed by atoms with E-state index in [4.69, 9.17) is 14.2 Å². The highest BCUT2D eigenvalue weighted by Gasteiger charge is 2.15. The highest BCUT2D eigenvalue weighted by molar-refractivity contribution is 14.0. The van der Waals surface area contributed by atoms with Gasteiger partial charge in [-0.2, -0.15) is 0 Å². The molecule has 0 aromatic rings. The predicted molar refractivity (Wildman–Crippen MR) is 91.1 cm³/mol. The quantitative estimate of drug-likeness (QED) is 0.261. The third-order valence-electron chi connectivity index (χ3n) is 2.76. The first kappa shape index (κ1) is 19.9. The Bertz CT molecular complexity index is 249. The van der Waals surface area contributed by atoms with Gasteiger partial charge in [0.15, 0.2) is 5.96 Å². The van der Waals surface area contributed by atoms with Gasteiger partial charge >= 0.3 is 0 Å². The van der Waals surface area contributed by atoms with Crippen LogP contribution in [-0.4, -0.2) is 65.2 Å². The van der Waals surface area contributed by atoms with Gasteiger partial charge in [-0.05, 0) is 19.8 Å². The van der Waals surface area contributed by atoms with Gasteiger partial charge in [-0.1, -0.05) is 0 Å². The van der Waals surface area contributed by atoms with Crippen molar-refractivity contribution in [2.24, 2.45) is 4.99 Å². The maximum absolute atomic E-state index is 5.69. The lowest BCUT2D eigenvalue weighted by atomic mass is 10.3. The standard InChI is InChI=1S/C13H27N3O3.HI/c1-3-14-13(16-7-10-17-2)15-6-4-8-19-12-5-9-18-11-12;/h12H,3-11H2,1-2H3,(H2,14,15,16);1H. The summed E-state index contributed by atoms with van der Waals surface area (Å²) in [6, 6.07) is 0. The van der Waals surface area contributed by atoms with Crippen LogP contribution in [0.3, 0.4) is 0 Å². The number of nitrogens with zero attached hydrogens (tertiary/aromatic N) is 1. The minimum absolute atomic E-state index is 0. The zero-order chi connectivity index (χ0) is 13.8. The molecule has 0 aromatic heterocycles. The Kier molecular flexibility index (Phi) is 13.8. The summed E-state index contributed by atoms with van der Waals surface area (Å²) in [5, 5.41) is 6.40. The number of nitrogens with one attached hydrogen (secondary N) is 2. The van der Waals surface area contributed by atoms with Gasteiger partial charge in [-0.25, -0.2) is 0 Å². The topological polar surface area (TPSA) is 64.1 Å². The molecule has 0 spiro atoms. The van der Waals surface area contributed by atoms with Gasteiger partial charge in [0.1, 0.15) is 0 Å². The molecule has 1 unspecified atom stereocenters. The van der Waals surface area contributed by atoms with Crippen molar-refractivity contribution in [2.45, 2.75) is 25.9 Å². The second-order valence-electron chi connectivity index (χ2n) is 4.39. The molecule has 0 saturated carbocycles. The van der Waals surface area contributed by atoms with Crippen LogP contribution < -0.4 is 10.6 Å². The first-order valence-corrected chi connectivity index (χ1v) is 7.07. The van der Waals surface area contributed by atoms with Crippen molar-refractivity contribution >= 4 is 29.9 Å². The fraction of sp³-hybridized carbons (Fsp3) is 0.923. The molecule has 0 amide bonds. The average Bonchev–Trinajstić information content (AvgIpc) is 2.91. The monoisotopic (exact) mass is 401 g/mol. The second-order valence-corrected chi connectivity index (χ2v) is 4.39. The van der Waals surface area contributed by atoms with Gasteiger partial charge in [0.25, 0.3) is 0 Å². The number of rotatable bonds is 9. The second kappa shape index (κ2) is 13.8. The van der Waals surface area contributed by atoms with Crippen LogP contribution in [0.2, 0.25) is 0 Å². The largest absolute Gasteiger partial charge is 0.383 e. The Morgan fingerprint density at radius 3 is 2.85 bits per heavy atom. The molecule has 0 radical (unpaired) electrons. The molecule has 1 heterocycles. The first-order chi connectivity index (χ1) is 9.36. The van der Waals surface area contributed by atoms with E-state index in [-0.39, 0.29) is 30.1 Å². The number of hydrogen-bond acceptors (Lipinski definition) is 4. The fourth-order valence-corrected chi connectivity index (χ4v) is 1.76. The summed E-state index contributed by atoms with van der Waals surface area (Å²) in [5.41, 5.74) is 0. The lowest BCUT2D eigenvalue weighted by Crippen LogP contribution is -2.39. The summed E-state index contributed by atoms with van der Waals surface area (Å²) in [6.07, 6.45) is 2.24. The van der Waals surface area contributed by atoms with Crippen molar-refractivity contribution in [1.29, 1.82) is 0 Å². The molecular weight excluding hydrogens is 373 g/mol. The van der Waals surface area contributed by atoms with Crippen molar-refractivity contribution in [3.63, 3.8) is 0 Å². The Hall–Kier alpha value is -0.120. The Morgan fingerprint density at radius 2 is 2.20 bits per heavy atom. The molecule has 7 heteroatoms. The van der Waals surface area contributed by atoms with Crippen LogP contribution in [0.5, 0.6) is 0 Å². The minimum Gasteiger partial charge on any atom is -0.383 e. The van der Waals surface area contributed by atoms with E-state index in [1.54, 1.807) is 7.11 Å². The third-order valence-corrected chi connectivity index (χ3v) is 2.76. The molecule has 1 saturated heterocycles. The van der Waals surface area contributed by atoms with E-state index >= 15 is 0 Å². The third kappa shape index (κ3) is 9.73. The van der Waals surface area contributed by atoms with Crippen molar-refractivity contribution in [2.75, 3.05) is 53.2 Å². The minimum atomic E-state index is 0. The molecular formula is C13H28IN3O3. The summed E-state index contributed by atoms with van der Waals surface area (Å²) in [7, 11) is 1.69. The van der Waals surface area contributed by atoms with Crippen LogP contribution >= 0.6 is 24.0 Å². The van der Waals surface area contributed by atoms with E-state index in [0.717, 1.165) is 58.3 Å². The van der Waals surface area contributed by atoms with Crippen LogP contribution in [0.4, 0.5) is 0 Å². The molecule has 0 aliphatic carbocycles. The first-order valence-electron chi connectivity index (χ1n) is 7.07. The van der Waals surface area contributed by atoms with Crippen LogP contribution in [-0.2, 0) is 14.2 Å². The zero-order valence-corrected chi connectivity index (χ0v) is 14.9. The summed E-state index contributed by atoms with van der Waals surface area (Å²) in [5.74, 6) is 0.837. The van der Waals surface area contributed by atoms with Gasteiger partial charge in [0.2, 0.25) is 0 Å². The van der Waals surface area contributed by atoms with E-state index in [1.807, 2.05) is 0 Å². The maximum atomic E-state index is 5.69. The van der Waals surface area contributed by atoms with Crippen LogP contribution in [0.25, 0.3) is 0 Å². The number of hydrogen-bond donors (Lipinski definition) is 2. The van der Waals surface area contributed by atoms with E-state index in [2.05, 4.69) is 22.5 Å². The lowest BCUT2D eigenvalue weighted by Gasteiger charge is -2.11. The summed E-state index contributed by atoms with van der Waals surface area (Å²) < 4.78 is 15.9. The van der Waals surface area contributed by atoms with E-state index in [0.29, 0.717) is 6.61 Å². The molecule has 1 aliphatic rings. The SMILES string of the molecule is CCNC(=NCCCOC1CCOC1)NCCOC.I. The fourth-order valence-electron chi connectivity index (χ4n) is 1.76. The van der Waals surface area contributed by atoms with Gasteiger partial charge in [-0.15, -0.1) is 24.0 Å². The van der Waals surface area contributed by atoms with Gasteiger partial charge in [0, 0.05) is 40.0 Å². The van der Waals surface area contributed by atoms with E-state index in [1.165, 1.54) is 0 Å². The summed E-state index contributed by atoms with van der Waals surface area (Å²) in [4.78, 5) is 4.48. The highest BCUT2D eigenvalue weighted by atomic mass is 127. The molecule has 1 fully saturated rings. The number of ether oxygens (including phenoxy) is 3. The van der Waals surface area contributed by atoms with Crippen molar-refractivity contribution < 1.29 is 14.2 Å². The Morgan fingerprint density at radius 1 is 1.35 bits per heavy atom. The number of guanidine groups is 1. The number of halogens is 1. The summed E-state index contributed by atoms with van der Waals surface area (Å²) >= 11 is 0. The van der Waals surface area contributed by atoms with Crippen molar-refractivity contribution in [3.8, 4) is 0 Å². The molecule has 0 aromatic carbocycles. The van der Waals surface area contributed by atoms with Crippen LogP contribution in [0.15, 0.2) is 4.99 Å². The average molecular weight is 401 g/mol. The Balaban J connectivity index is 0.00000361. The molecule has 1 rings (SSSR count). The molecule has 6 nitrogen and oxygen atoms in total. The number of aliphatic imine (C=N–C) groups is 1. The molecule has 120 valence electrons. The molecule has 20 heavy (non-hydrogen) atoms. The smallest absolute Gasteiger partial charge is 0.191 e. The van der Waals surface area contributed by atoms with Crippen LogP contribution in [0.1, 0.15) is 19.8 Å². The van der Waals surface area contributed by atoms with Gasteiger partial charge < -0.3 is 24.8 Å². The van der Waals surface area contributed by atoms with Crippen molar-refractivity contribution in [1.82, 2.24) is 10.6 Å². The zero-order valence-electron chi connectivity index (χ0n) is 12.5. The van der Waals surface area contributed by atoms with Crippen LogP contribution in [0, 0.1) is 0 Å². The normalized spacial score (nSPS) is 18.7. The van der Waals surface area contributed by atoms with E-state index in [9.17, 15) is 0 Å². The molecule has 1 aliphatic heterocycles. The van der Waals surface area contributed by atoms with Gasteiger partial charge in [-0.3, -0.25) is 4.99 Å². The van der Waals surface area contributed by atoms with Gasteiger partial charge in [0.05, 0.1) is 19.3 Å². The van der Waals surface area contributed by atoms with E-state index < -0.39 is 0 Å². The molecule has 0 bridgehead atoms.